The van der Waals surface area contributed by atoms with Crippen LogP contribution in [0.1, 0.15) is 40.4 Å². The Morgan fingerprint density at radius 3 is 2.38 bits per heavy atom. The molecule has 0 aliphatic carbocycles. The van der Waals surface area contributed by atoms with Crippen molar-refractivity contribution in [3.63, 3.8) is 0 Å². The molecule has 5 heteroatoms. The van der Waals surface area contributed by atoms with Gasteiger partial charge in [-0.25, -0.2) is 15.8 Å². The van der Waals surface area contributed by atoms with E-state index < -0.39 is 0 Å². The van der Waals surface area contributed by atoms with Crippen LogP contribution < -0.4 is 11.3 Å². The monoisotopic (exact) mass is 240 g/mol. The number of thioether (sulfide) groups is 1. The Kier molecular flexibility index (Phi) is 4.15. The fourth-order valence-corrected chi connectivity index (χ4v) is 1.94. The number of aromatic nitrogens is 2. The summed E-state index contributed by atoms with van der Waals surface area (Å²) in [4.78, 5) is 8.92. The molecule has 0 saturated heterocycles. The molecule has 0 aliphatic heterocycles. The topological polar surface area (TPSA) is 63.8 Å². The Balaban J connectivity index is 3.11. The second kappa shape index (κ2) is 5.01. The van der Waals surface area contributed by atoms with Gasteiger partial charge in [0, 0.05) is 16.7 Å². The lowest BCUT2D eigenvalue weighted by Gasteiger charge is -2.18. The van der Waals surface area contributed by atoms with E-state index in [9.17, 15) is 0 Å². The van der Waals surface area contributed by atoms with Crippen LogP contribution in [0.25, 0.3) is 0 Å². The molecule has 90 valence electrons. The lowest BCUT2D eigenvalue weighted by molar-refractivity contribution is 0.539. The van der Waals surface area contributed by atoms with E-state index in [0.717, 1.165) is 10.9 Å². The summed E-state index contributed by atoms with van der Waals surface area (Å²) in [6, 6.07) is 1.87. The van der Waals surface area contributed by atoms with Crippen LogP contribution in [0.5, 0.6) is 0 Å². The van der Waals surface area contributed by atoms with Crippen molar-refractivity contribution < 1.29 is 0 Å². The van der Waals surface area contributed by atoms with Crippen molar-refractivity contribution in [2.75, 3.05) is 5.43 Å². The van der Waals surface area contributed by atoms with Gasteiger partial charge in [0.15, 0.2) is 0 Å². The molecule has 1 heterocycles. The van der Waals surface area contributed by atoms with Gasteiger partial charge in [0.2, 0.25) is 0 Å². The summed E-state index contributed by atoms with van der Waals surface area (Å²) in [5.41, 5.74) is 2.52. The Morgan fingerprint density at radius 2 is 1.94 bits per heavy atom. The molecule has 4 nitrogen and oxygen atoms in total. The number of nitrogens with zero attached hydrogens (tertiary/aromatic N) is 2. The minimum absolute atomic E-state index is 0.0703. The molecule has 0 unspecified atom stereocenters. The van der Waals surface area contributed by atoms with Crippen LogP contribution >= 0.6 is 11.8 Å². The molecular weight excluding hydrogens is 220 g/mol. The molecule has 0 amide bonds. The standard InChI is InChI=1S/C11H20N4S/c1-7(2)16-9-6-8(15-12)13-10(14-9)11(3,4)5/h6-7H,12H2,1-5H3,(H,13,14,15). The van der Waals surface area contributed by atoms with Crippen molar-refractivity contribution >= 4 is 17.6 Å². The van der Waals surface area contributed by atoms with E-state index in [-0.39, 0.29) is 5.41 Å². The fraction of sp³-hybridized carbons (Fsp3) is 0.636. The van der Waals surface area contributed by atoms with Crippen molar-refractivity contribution in [2.24, 2.45) is 5.84 Å². The average Bonchev–Trinajstić information content (AvgIpc) is 2.14. The Bertz CT molecular complexity index is 357. The van der Waals surface area contributed by atoms with Crippen LogP contribution in [0.3, 0.4) is 0 Å². The Labute approximate surface area is 101 Å². The zero-order chi connectivity index (χ0) is 12.3. The molecule has 3 N–H and O–H groups in total. The summed E-state index contributed by atoms with van der Waals surface area (Å²) in [5, 5.41) is 1.45. The highest BCUT2D eigenvalue weighted by Gasteiger charge is 2.19. The van der Waals surface area contributed by atoms with E-state index in [2.05, 4.69) is 50.0 Å². The molecule has 0 aliphatic rings. The van der Waals surface area contributed by atoms with Crippen LogP contribution in [-0.2, 0) is 5.41 Å². The minimum atomic E-state index is -0.0703. The third-order valence-electron chi connectivity index (χ3n) is 1.88. The quantitative estimate of drug-likeness (QED) is 0.368. The second-order valence-electron chi connectivity index (χ2n) is 4.98. The predicted molar refractivity (Wildman–Crippen MR) is 69.5 cm³/mol. The highest BCUT2D eigenvalue weighted by Crippen LogP contribution is 2.26. The van der Waals surface area contributed by atoms with Crippen LogP contribution in [-0.4, -0.2) is 15.2 Å². The van der Waals surface area contributed by atoms with Gasteiger partial charge in [-0.1, -0.05) is 34.6 Å². The number of nitrogens with two attached hydrogens (primary N) is 1. The minimum Gasteiger partial charge on any atom is -0.308 e. The van der Waals surface area contributed by atoms with E-state index in [1.54, 1.807) is 11.8 Å². The summed E-state index contributed by atoms with van der Waals surface area (Å²) in [5.74, 6) is 6.89. The molecule has 0 bridgehead atoms. The maximum absolute atomic E-state index is 5.41. The predicted octanol–water partition coefficient (Wildman–Crippen LogP) is 2.56. The lowest BCUT2D eigenvalue weighted by Crippen LogP contribution is -2.19. The summed E-state index contributed by atoms with van der Waals surface area (Å²) in [7, 11) is 0. The largest absolute Gasteiger partial charge is 0.308 e. The molecule has 0 atom stereocenters. The molecule has 1 rings (SSSR count). The summed E-state index contributed by atoms with van der Waals surface area (Å²) in [6.45, 7) is 10.5. The van der Waals surface area contributed by atoms with Gasteiger partial charge in [-0.3, -0.25) is 0 Å². The molecule has 0 spiro atoms. The Morgan fingerprint density at radius 1 is 1.31 bits per heavy atom. The van der Waals surface area contributed by atoms with Crippen molar-refractivity contribution in [3.8, 4) is 0 Å². The highest BCUT2D eigenvalue weighted by molar-refractivity contribution is 7.99. The van der Waals surface area contributed by atoms with Gasteiger partial charge in [-0.15, -0.1) is 11.8 Å². The third-order valence-corrected chi connectivity index (χ3v) is 2.80. The van der Waals surface area contributed by atoms with E-state index in [1.165, 1.54) is 0 Å². The Hall–Kier alpha value is -0.810. The molecule has 0 aromatic carbocycles. The van der Waals surface area contributed by atoms with Gasteiger partial charge >= 0.3 is 0 Å². The van der Waals surface area contributed by atoms with Gasteiger partial charge < -0.3 is 5.43 Å². The molecule has 0 radical (unpaired) electrons. The van der Waals surface area contributed by atoms with Gasteiger partial charge in [-0.2, -0.15) is 0 Å². The number of nitrogens with one attached hydrogen (secondary N) is 1. The molecule has 1 aromatic rings. The summed E-state index contributed by atoms with van der Waals surface area (Å²) >= 11 is 1.71. The van der Waals surface area contributed by atoms with Crippen molar-refractivity contribution in [2.45, 2.75) is 50.3 Å². The first-order valence-electron chi connectivity index (χ1n) is 5.35. The smallest absolute Gasteiger partial charge is 0.144 e. The number of nitrogen functional groups attached to an aromatic ring is 1. The normalized spacial score (nSPS) is 11.9. The van der Waals surface area contributed by atoms with Gasteiger partial charge in [0.05, 0.1) is 0 Å². The maximum atomic E-state index is 5.41. The van der Waals surface area contributed by atoms with E-state index in [0.29, 0.717) is 11.1 Å². The molecule has 1 aromatic heterocycles. The van der Waals surface area contributed by atoms with Crippen molar-refractivity contribution in [1.29, 1.82) is 0 Å². The van der Waals surface area contributed by atoms with Gasteiger partial charge in [0.1, 0.15) is 16.7 Å². The van der Waals surface area contributed by atoms with Gasteiger partial charge in [-0.05, 0) is 0 Å². The summed E-state index contributed by atoms with van der Waals surface area (Å²) in [6.07, 6.45) is 0. The van der Waals surface area contributed by atoms with Gasteiger partial charge in [0.25, 0.3) is 0 Å². The van der Waals surface area contributed by atoms with Crippen LogP contribution in [0.4, 0.5) is 5.82 Å². The number of hydrazine groups is 1. The average molecular weight is 240 g/mol. The number of hydrogen-bond acceptors (Lipinski definition) is 5. The van der Waals surface area contributed by atoms with Crippen LogP contribution in [0, 0.1) is 0 Å². The fourth-order valence-electron chi connectivity index (χ4n) is 1.14. The number of anilines is 1. The SMILES string of the molecule is CC(C)Sc1cc(NN)nc(C(C)(C)C)n1. The number of hydrogen-bond donors (Lipinski definition) is 2. The van der Waals surface area contributed by atoms with Crippen molar-refractivity contribution in [3.05, 3.63) is 11.9 Å². The molecule has 0 saturated carbocycles. The molecular formula is C11H20N4S. The first kappa shape index (κ1) is 13.3. The zero-order valence-electron chi connectivity index (χ0n) is 10.5. The summed E-state index contributed by atoms with van der Waals surface area (Å²) < 4.78 is 0. The first-order chi connectivity index (χ1) is 7.32. The lowest BCUT2D eigenvalue weighted by atomic mass is 9.96. The van der Waals surface area contributed by atoms with E-state index in [1.807, 2.05) is 6.07 Å². The molecule has 0 fully saturated rings. The molecule has 16 heavy (non-hydrogen) atoms. The van der Waals surface area contributed by atoms with E-state index in [4.69, 9.17) is 5.84 Å². The first-order valence-corrected chi connectivity index (χ1v) is 6.23. The number of rotatable bonds is 3. The van der Waals surface area contributed by atoms with E-state index >= 15 is 0 Å². The van der Waals surface area contributed by atoms with Crippen molar-refractivity contribution in [1.82, 2.24) is 9.97 Å². The highest BCUT2D eigenvalue weighted by atomic mass is 32.2. The van der Waals surface area contributed by atoms with Crippen LogP contribution in [0.15, 0.2) is 11.1 Å². The maximum Gasteiger partial charge on any atom is 0.144 e. The van der Waals surface area contributed by atoms with Crippen LogP contribution in [0.2, 0.25) is 0 Å². The zero-order valence-corrected chi connectivity index (χ0v) is 11.4. The third kappa shape index (κ3) is 3.64. The second-order valence-corrected chi connectivity index (χ2v) is 6.57.